The van der Waals surface area contributed by atoms with Crippen LogP contribution in [0.5, 0.6) is 0 Å². The third-order valence-electron chi connectivity index (χ3n) is 3.91. The average Bonchev–Trinajstić information content (AvgIpc) is 3.11. The summed E-state index contributed by atoms with van der Waals surface area (Å²) in [5.74, 6) is 0.206. The lowest BCUT2D eigenvalue weighted by atomic mass is 10.1. The first-order chi connectivity index (χ1) is 12.5. The second kappa shape index (κ2) is 7.52. The number of sulfonamides is 1. The van der Waals surface area contributed by atoms with E-state index in [4.69, 9.17) is 9.68 Å². The molecule has 0 aliphatic heterocycles. The van der Waals surface area contributed by atoms with Crippen molar-refractivity contribution in [3.8, 4) is 17.5 Å². The first-order valence-electron chi connectivity index (χ1n) is 7.91. The third kappa shape index (κ3) is 3.99. The average molecular weight is 367 g/mol. The van der Waals surface area contributed by atoms with Gasteiger partial charge in [-0.15, -0.1) is 0 Å². The maximum atomic E-state index is 12.6. The molecular formula is C19H17N3O3S. The van der Waals surface area contributed by atoms with E-state index in [0.717, 1.165) is 5.56 Å². The van der Waals surface area contributed by atoms with Crippen molar-refractivity contribution in [3.63, 3.8) is 0 Å². The molecule has 3 aromatic rings. The van der Waals surface area contributed by atoms with Gasteiger partial charge in [-0.2, -0.15) is 9.57 Å². The molecule has 7 heteroatoms. The molecule has 0 amide bonds. The Morgan fingerprint density at radius 2 is 1.81 bits per heavy atom. The van der Waals surface area contributed by atoms with Gasteiger partial charge in [0.2, 0.25) is 15.9 Å². The van der Waals surface area contributed by atoms with Gasteiger partial charge >= 0.3 is 0 Å². The fourth-order valence-electron chi connectivity index (χ4n) is 2.48. The van der Waals surface area contributed by atoms with E-state index >= 15 is 0 Å². The summed E-state index contributed by atoms with van der Waals surface area (Å²) in [6, 6.07) is 18.1. The monoisotopic (exact) mass is 367 g/mol. The maximum absolute atomic E-state index is 12.6. The van der Waals surface area contributed by atoms with Crippen molar-refractivity contribution in [3.05, 3.63) is 77.7 Å². The molecule has 0 atom stereocenters. The number of oxazole rings is 1. The quantitative estimate of drug-likeness (QED) is 0.668. The van der Waals surface area contributed by atoms with Crippen LogP contribution in [-0.4, -0.2) is 24.8 Å². The lowest BCUT2D eigenvalue weighted by Crippen LogP contribution is -2.28. The van der Waals surface area contributed by atoms with Crippen LogP contribution in [0.2, 0.25) is 0 Å². The normalized spacial score (nSPS) is 11.4. The Bertz CT molecular complexity index is 1040. The molecule has 132 valence electrons. The smallest absolute Gasteiger partial charge is 0.226 e. The van der Waals surface area contributed by atoms with E-state index in [1.54, 1.807) is 24.3 Å². The van der Waals surface area contributed by atoms with Crippen molar-refractivity contribution < 1.29 is 12.8 Å². The second-order valence-electron chi connectivity index (χ2n) is 5.79. The molecule has 3 rings (SSSR count). The van der Waals surface area contributed by atoms with E-state index in [2.05, 4.69) is 4.98 Å². The van der Waals surface area contributed by atoms with Gasteiger partial charge in [-0.25, -0.2) is 13.4 Å². The Balaban J connectivity index is 1.74. The van der Waals surface area contributed by atoms with E-state index < -0.39 is 10.0 Å². The van der Waals surface area contributed by atoms with Gasteiger partial charge in [0.15, 0.2) is 0 Å². The van der Waals surface area contributed by atoms with Crippen LogP contribution in [0.4, 0.5) is 0 Å². The minimum atomic E-state index is -3.60. The molecule has 0 aliphatic carbocycles. The highest BCUT2D eigenvalue weighted by Gasteiger charge is 2.21. The Morgan fingerprint density at radius 3 is 2.54 bits per heavy atom. The molecule has 1 aromatic heterocycles. The van der Waals surface area contributed by atoms with Crippen LogP contribution < -0.4 is 0 Å². The summed E-state index contributed by atoms with van der Waals surface area (Å²) < 4.78 is 31.9. The summed E-state index contributed by atoms with van der Waals surface area (Å²) in [6.07, 6.45) is 1.46. The highest BCUT2D eigenvalue weighted by molar-refractivity contribution is 7.88. The number of aromatic nitrogens is 1. The van der Waals surface area contributed by atoms with Crippen molar-refractivity contribution in [2.24, 2.45) is 0 Å². The van der Waals surface area contributed by atoms with Gasteiger partial charge in [-0.1, -0.05) is 36.4 Å². The number of benzene rings is 2. The van der Waals surface area contributed by atoms with Crippen molar-refractivity contribution in [2.45, 2.75) is 12.3 Å². The highest BCUT2D eigenvalue weighted by Crippen LogP contribution is 2.20. The minimum absolute atomic E-state index is 0.0907. The molecule has 0 aliphatic rings. The molecule has 6 nitrogen and oxygen atoms in total. The van der Waals surface area contributed by atoms with Crippen LogP contribution in [0.25, 0.3) is 11.5 Å². The van der Waals surface area contributed by atoms with Crippen LogP contribution in [0.1, 0.15) is 16.8 Å². The number of rotatable bonds is 6. The molecule has 26 heavy (non-hydrogen) atoms. The van der Waals surface area contributed by atoms with E-state index in [-0.39, 0.29) is 12.3 Å². The number of nitriles is 1. The summed E-state index contributed by atoms with van der Waals surface area (Å²) in [5.41, 5.74) is 2.18. The Morgan fingerprint density at radius 1 is 1.12 bits per heavy atom. The van der Waals surface area contributed by atoms with Gasteiger partial charge in [0.1, 0.15) is 6.26 Å². The predicted octanol–water partition coefficient (Wildman–Crippen LogP) is 3.18. The van der Waals surface area contributed by atoms with Gasteiger partial charge in [-0.3, -0.25) is 0 Å². The van der Waals surface area contributed by atoms with E-state index in [1.807, 2.05) is 36.4 Å². The largest absolute Gasteiger partial charge is 0.444 e. The Kier molecular flexibility index (Phi) is 5.16. The minimum Gasteiger partial charge on any atom is -0.444 e. The van der Waals surface area contributed by atoms with Crippen LogP contribution in [0.3, 0.4) is 0 Å². The topological polar surface area (TPSA) is 87.2 Å². The molecule has 0 spiro atoms. The third-order valence-corrected chi connectivity index (χ3v) is 5.66. The zero-order chi connectivity index (χ0) is 18.6. The molecule has 0 N–H and O–H groups in total. The molecule has 0 fully saturated rings. The summed E-state index contributed by atoms with van der Waals surface area (Å²) >= 11 is 0. The van der Waals surface area contributed by atoms with Crippen LogP contribution in [0.15, 0.2) is 65.3 Å². The molecule has 2 aromatic carbocycles. The van der Waals surface area contributed by atoms with Crippen molar-refractivity contribution in [1.29, 1.82) is 5.26 Å². The van der Waals surface area contributed by atoms with Crippen molar-refractivity contribution >= 4 is 10.0 Å². The summed E-state index contributed by atoms with van der Waals surface area (Å²) in [5, 5.41) is 9.12. The zero-order valence-corrected chi connectivity index (χ0v) is 15.0. The lowest BCUT2D eigenvalue weighted by Gasteiger charge is -2.16. The van der Waals surface area contributed by atoms with Crippen molar-refractivity contribution in [2.75, 3.05) is 7.05 Å². The lowest BCUT2D eigenvalue weighted by molar-refractivity contribution is 0.460. The molecule has 0 radical (unpaired) electrons. The molecular weight excluding hydrogens is 350 g/mol. The standard InChI is InChI=1S/C19H17N3O3S/c1-22(26(23,24)14-17-10-6-5-9-16(17)11-20)12-18-13-25-19(21-18)15-7-3-2-4-8-15/h2-10,13H,12,14H2,1H3. The molecule has 0 saturated carbocycles. The van der Waals surface area contributed by atoms with Gasteiger partial charge in [0, 0.05) is 12.6 Å². The second-order valence-corrected chi connectivity index (χ2v) is 7.87. The van der Waals surface area contributed by atoms with Crippen LogP contribution >= 0.6 is 0 Å². The molecule has 0 unspecified atom stereocenters. The number of hydrogen-bond acceptors (Lipinski definition) is 5. The summed E-state index contributed by atoms with van der Waals surface area (Å²) in [6.45, 7) is 0.0907. The van der Waals surface area contributed by atoms with Gasteiger partial charge in [-0.05, 0) is 23.8 Å². The Labute approximate surface area is 152 Å². The Hall–Kier alpha value is -2.95. The fraction of sp³-hybridized carbons (Fsp3) is 0.158. The zero-order valence-electron chi connectivity index (χ0n) is 14.2. The fourth-order valence-corrected chi connectivity index (χ4v) is 3.68. The van der Waals surface area contributed by atoms with Gasteiger partial charge in [0.25, 0.3) is 0 Å². The van der Waals surface area contributed by atoms with E-state index in [0.29, 0.717) is 22.7 Å². The van der Waals surface area contributed by atoms with Crippen LogP contribution in [-0.2, 0) is 22.3 Å². The van der Waals surface area contributed by atoms with E-state index in [1.165, 1.54) is 17.6 Å². The number of nitrogens with zero attached hydrogens (tertiary/aromatic N) is 3. The predicted molar refractivity (Wildman–Crippen MR) is 97.2 cm³/mol. The highest BCUT2D eigenvalue weighted by atomic mass is 32.2. The molecule has 1 heterocycles. The summed E-state index contributed by atoms with van der Waals surface area (Å²) in [7, 11) is -2.11. The van der Waals surface area contributed by atoms with E-state index in [9.17, 15) is 8.42 Å². The van der Waals surface area contributed by atoms with Crippen LogP contribution in [0, 0.1) is 11.3 Å². The molecule has 0 bridgehead atoms. The number of hydrogen-bond donors (Lipinski definition) is 0. The van der Waals surface area contributed by atoms with Crippen molar-refractivity contribution in [1.82, 2.24) is 9.29 Å². The van der Waals surface area contributed by atoms with Gasteiger partial charge < -0.3 is 4.42 Å². The first kappa shape index (κ1) is 17.9. The maximum Gasteiger partial charge on any atom is 0.226 e. The first-order valence-corrected chi connectivity index (χ1v) is 9.52. The van der Waals surface area contributed by atoms with Gasteiger partial charge in [0.05, 0.1) is 29.6 Å². The molecule has 0 saturated heterocycles. The summed E-state index contributed by atoms with van der Waals surface area (Å²) in [4.78, 5) is 4.35. The SMILES string of the molecule is CN(Cc1coc(-c2ccccc2)n1)S(=O)(=O)Cc1ccccc1C#N.